The van der Waals surface area contributed by atoms with Gasteiger partial charge in [-0.05, 0) is 25.5 Å². The van der Waals surface area contributed by atoms with E-state index in [0.717, 1.165) is 6.42 Å². The molecule has 0 atom stereocenters. The molecule has 3 heterocycles. The van der Waals surface area contributed by atoms with Crippen LogP contribution >= 0.6 is 0 Å². The molecule has 0 spiro atoms. The molecule has 0 radical (unpaired) electrons. The first-order valence-electron chi connectivity index (χ1n) is 8.80. The number of rotatable bonds is 5. The fraction of sp³-hybridized carbons (Fsp3) is 0.444. The van der Waals surface area contributed by atoms with E-state index in [1.54, 1.807) is 30.0 Å². The third-order valence-electron chi connectivity index (χ3n) is 4.22. The number of furan rings is 1. The maximum absolute atomic E-state index is 12.3. The van der Waals surface area contributed by atoms with Crippen LogP contribution in [0, 0.1) is 6.92 Å². The number of carbonyl (C=O) groups is 2. The van der Waals surface area contributed by atoms with Crippen LogP contribution in [0.15, 0.2) is 28.9 Å². The van der Waals surface area contributed by atoms with E-state index in [-0.39, 0.29) is 11.8 Å². The lowest BCUT2D eigenvalue weighted by Gasteiger charge is -2.35. The van der Waals surface area contributed by atoms with E-state index in [2.05, 4.69) is 20.2 Å². The van der Waals surface area contributed by atoms with Crippen molar-refractivity contribution in [1.29, 1.82) is 0 Å². The zero-order chi connectivity index (χ0) is 18.5. The Balaban J connectivity index is 1.66. The number of nitrogens with one attached hydrogen (secondary N) is 1. The van der Waals surface area contributed by atoms with Crippen LogP contribution in [0.3, 0.4) is 0 Å². The minimum Gasteiger partial charge on any atom is -0.459 e. The van der Waals surface area contributed by atoms with Crippen molar-refractivity contribution in [2.45, 2.75) is 20.3 Å². The molecule has 8 heteroatoms. The zero-order valence-corrected chi connectivity index (χ0v) is 15.1. The standard InChI is InChI=1S/C18H23N5O3/c1-3-6-19-17(24)14-12-16(21-13(2)20-14)22-7-9-23(10-8-22)18(25)15-5-4-11-26-15/h4-5,11-12H,3,6-10H2,1-2H3,(H,19,24). The lowest BCUT2D eigenvalue weighted by atomic mass is 10.2. The molecule has 0 bridgehead atoms. The van der Waals surface area contributed by atoms with Gasteiger partial charge in [-0.1, -0.05) is 6.92 Å². The van der Waals surface area contributed by atoms with E-state index >= 15 is 0 Å². The number of anilines is 1. The van der Waals surface area contributed by atoms with Crippen LogP contribution in [0.1, 0.15) is 40.2 Å². The SMILES string of the molecule is CCCNC(=O)c1cc(N2CCN(C(=O)c3ccco3)CC2)nc(C)n1. The number of aromatic nitrogens is 2. The van der Waals surface area contributed by atoms with Crippen LogP contribution in [-0.4, -0.2) is 59.4 Å². The van der Waals surface area contributed by atoms with Crippen LogP contribution < -0.4 is 10.2 Å². The summed E-state index contributed by atoms with van der Waals surface area (Å²) in [4.78, 5) is 37.0. The van der Waals surface area contributed by atoms with Crippen molar-refractivity contribution in [2.24, 2.45) is 0 Å². The van der Waals surface area contributed by atoms with Gasteiger partial charge in [-0.2, -0.15) is 0 Å². The molecule has 2 aromatic heterocycles. The Morgan fingerprint density at radius 1 is 1.23 bits per heavy atom. The molecule has 1 aliphatic heterocycles. The monoisotopic (exact) mass is 357 g/mol. The van der Waals surface area contributed by atoms with Crippen LogP contribution in [0.5, 0.6) is 0 Å². The predicted molar refractivity (Wildman–Crippen MR) is 96.2 cm³/mol. The predicted octanol–water partition coefficient (Wildman–Crippen LogP) is 1.48. The number of nitrogens with zero attached hydrogens (tertiary/aromatic N) is 4. The van der Waals surface area contributed by atoms with Gasteiger partial charge in [0.25, 0.3) is 11.8 Å². The van der Waals surface area contributed by atoms with Gasteiger partial charge in [-0.3, -0.25) is 9.59 Å². The number of hydrogen-bond donors (Lipinski definition) is 1. The molecule has 0 aliphatic carbocycles. The lowest BCUT2D eigenvalue weighted by molar-refractivity contribution is 0.0714. The highest BCUT2D eigenvalue weighted by molar-refractivity contribution is 5.93. The Morgan fingerprint density at radius 2 is 2.00 bits per heavy atom. The normalized spacial score (nSPS) is 14.4. The van der Waals surface area contributed by atoms with Gasteiger partial charge in [0, 0.05) is 38.8 Å². The van der Waals surface area contributed by atoms with Crippen molar-refractivity contribution >= 4 is 17.6 Å². The minimum absolute atomic E-state index is 0.104. The fourth-order valence-electron chi connectivity index (χ4n) is 2.85. The summed E-state index contributed by atoms with van der Waals surface area (Å²) in [5, 5.41) is 2.83. The highest BCUT2D eigenvalue weighted by Crippen LogP contribution is 2.17. The number of aryl methyl sites for hydroxylation is 1. The van der Waals surface area contributed by atoms with Crippen LogP contribution in [0.2, 0.25) is 0 Å². The topological polar surface area (TPSA) is 91.6 Å². The summed E-state index contributed by atoms with van der Waals surface area (Å²) in [6.07, 6.45) is 2.37. The average Bonchev–Trinajstić information content (AvgIpc) is 3.20. The Hall–Kier alpha value is -2.90. The molecule has 3 rings (SSSR count). The second-order valence-corrected chi connectivity index (χ2v) is 6.17. The van der Waals surface area contributed by atoms with Crippen molar-refractivity contribution in [3.05, 3.63) is 41.7 Å². The van der Waals surface area contributed by atoms with E-state index in [9.17, 15) is 9.59 Å². The summed E-state index contributed by atoms with van der Waals surface area (Å²) in [6.45, 7) is 6.81. The highest BCUT2D eigenvalue weighted by Gasteiger charge is 2.25. The second kappa shape index (κ2) is 7.99. The molecule has 1 fully saturated rings. The Morgan fingerprint density at radius 3 is 2.65 bits per heavy atom. The summed E-state index contributed by atoms with van der Waals surface area (Å²) >= 11 is 0. The fourth-order valence-corrected chi connectivity index (χ4v) is 2.85. The first-order valence-corrected chi connectivity index (χ1v) is 8.80. The molecule has 138 valence electrons. The summed E-state index contributed by atoms with van der Waals surface area (Å²) in [5.74, 6) is 1.33. The van der Waals surface area contributed by atoms with Crippen LogP contribution in [0.4, 0.5) is 5.82 Å². The van der Waals surface area contributed by atoms with Gasteiger partial charge in [-0.15, -0.1) is 0 Å². The van der Waals surface area contributed by atoms with Gasteiger partial charge in [0.05, 0.1) is 6.26 Å². The van der Waals surface area contributed by atoms with E-state index < -0.39 is 0 Å². The molecule has 2 aromatic rings. The lowest BCUT2D eigenvalue weighted by Crippen LogP contribution is -2.49. The van der Waals surface area contributed by atoms with Crippen molar-refractivity contribution in [3.63, 3.8) is 0 Å². The quantitative estimate of drug-likeness (QED) is 0.871. The summed E-state index contributed by atoms with van der Waals surface area (Å²) < 4.78 is 5.18. The van der Waals surface area contributed by atoms with Crippen LogP contribution in [-0.2, 0) is 0 Å². The van der Waals surface area contributed by atoms with Crippen molar-refractivity contribution < 1.29 is 14.0 Å². The Kier molecular flexibility index (Phi) is 5.50. The van der Waals surface area contributed by atoms with Gasteiger partial charge >= 0.3 is 0 Å². The smallest absolute Gasteiger partial charge is 0.289 e. The largest absolute Gasteiger partial charge is 0.459 e. The summed E-state index contributed by atoms with van der Waals surface area (Å²) in [6, 6.07) is 5.09. The van der Waals surface area contributed by atoms with Crippen LogP contribution in [0.25, 0.3) is 0 Å². The molecule has 2 amide bonds. The average molecular weight is 357 g/mol. The molecule has 1 saturated heterocycles. The number of amides is 2. The van der Waals surface area contributed by atoms with Gasteiger partial charge in [-0.25, -0.2) is 9.97 Å². The molecule has 0 unspecified atom stereocenters. The van der Waals surface area contributed by atoms with Crippen molar-refractivity contribution in [2.75, 3.05) is 37.6 Å². The second-order valence-electron chi connectivity index (χ2n) is 6.17. The third-order valence-corrected chi connectivity index (χ3v) is 4.22. The third kappa shape index (κ3) is 4.01. The van der Waals surface area contributed by atoms with Gasteiger partial charge in [0.2, 0.25) is 0 Å². The number of piperazine rings is 1. The van der Waals surface area contributed by atoms with E-state index in [0.29, 0.717) is 55.8 Å². The molecule has 0 aromatic carbocycles. The first kappa shape index (κ1) is 17.9. The summed E-state index contributed by atoms with van der Waals surface area (Å²) in [7, 11) is 0. The molecular weight excluding hydrogens is 334 g/mol. The zero-order valence-electron chi connectivity index (χ0n) is 15.1. The minimum atomic E-state index is -0.190. The van der Waals surface area contributed by atoms with Crippen molar-refractivity contribution in [1.82, 2.24) is 20.2 Å². The molecule has 1 N–H and O–H groups in total. The van der Waals surface area contributed by atoms with Gasteiger partial charge < -0.3 is 19.5 Å². The number of carbonyl (C=O) groups excluding carboxylic acids is 2. The molecule has 26 heavy (non-hydrogen) atoms. The molecule has 0 saturated carbocycles. The molecular formula is C18H23N5O3. The highest BCUT2D eigenvalue weighted by atomic mass is 16.3. The number of hydrogen-bond acceptors (Lipinski definition) is 6. The van der Waals surface area contributed by atoms with E-state index in [1.807, 2.05) is 6.92 Å². The van der Waals surface area contributed by atoms with E-state index in [1.165, 1.54) is 6.26 Å². The Labute approximate surface area is 152 Å². The summed E-state index contributed by atoms with van der Waals surface area (Å²) in [5.41, 5.74) is 0.370. The Bertz CT molecular complexity index is 767. The van der Waals surface area contributed by atoms with Gasteiger partial charge in [0.1, 0.15) is 17.3 Å². The van der Waals surface area contributed by atoms with Gasteiger partial charge in [0.15, 0.2) is 5.76 Å². The maximum atomic E-state index is 12.3. The maximum Gasteiger partial charge on any atom is 0.289 e. The molecule has 1 aliphatic rings. The first-order chi connectivity index (χ1) is 12.6. The van der Waals surface area contributed by atoms with E-state index in [4.69, 9.17) is 4.42 Å². The molecule has 8 nitrogen and oxygen atoms in total. The van der Waals surface area contributed by atoms with Crippen molar-refractivity contribution in [3.8, 4) is 0 Å².